The summed E-state index contributed by atoms with van der Waals surface area (Å²) in [4.78, 5) is 0. The average Bonchev–Trinajstić information content (AvgIpc) is 1.59. The van der Waals surface area contributed by atoms with Gasteiger partial charge in [0.05, 0.1) is 0 Å². The third-order valence-corrected chi connectivity index (χ3v) is 1.20. The van der Waals surface area contributed by atoms with Crippen LogP contribution in [-0.2, 0) is 0 Å². The predicted molar refractivity (Wildman–Crippen MR) is 38.4 cm³/mol. The highest BCUT2D eigenvalue weighted by atomic mass is 35.5. The molecule has 0 aromatic rings. The summed E-state index contributed by atoms with van der Waals surface area (Å²) < 4.78 is -0.584. The van der Waals surface area contributed by atoms with E-state index in [2.05, 4.69) is 0 Å². The standard InChI is InChI=1S/C5H11Cl2N/c1-5(6,7)3-2-4-8/h2-4,8H2,1H3. The Kier molecular flexibility index (Phi) is 3.78. The summed E-state index contributed by atoms with van der Waals surface area (Å²) in [7, 11) is 0. The highest BCUT2D eigenvalue weighted by Gasteiger charge is 2.13. The summed E-state index contributed by atoms with van der Waals surface area (Å²) in [6, 6.07) is 0. The number of nitrogens with two attached hydrogens (primary N) is 1. The Morgan fingerprint density at radius 1 is 1.50 bits per heavy atom. The molecule has 0 aliphatic carbocycles. The Hall–Kier alpha value is 0.540. The molecule has 0 heterocycles. The van der Waals surface area contributed by atoms with Crippen LogP contribution < -0.4 is 5.73 Å². The van der Waals surface area contributed by atoms with Gasteiger partial charge in [0.15, 0.2) is 0 Å². The van der Waals surface area contributed by atoms with E-state index in [9.17, 15) is 0 Å². The minimum atomic E-state index is -0.584. The van der Waals surface area contributed by atoms with E-state index in [1.165, 1.54) is 0 Å². The lowest BCUT2D eigenvalue weighted by Crippen LogP contribution is -2.09. The van der Waals surface area contributed by atoms with E-state index >= 15 is 0 Å². The Bertz CT molecular complexity index is 57.9. The molecular formula is C5H11Cl2N. The van der Waals surface area contributed by atoms with Crippen molar-refractivity contribution in [2.24, 2.45) is 5.73 Å². The first-order chi connectivity index (χ1) is 3.56. The lowest BCUT2D eigenvalue weighted by Gasteiger charge is -2.10. The maximum atomic E-state index is 5.62. The first-order valence-electron chi connectivity index (χ1n) is 2.64. The van der Waals surface area contributed by atoms with E-state index < -0.39 is 4.33 Å². The summed E-state index contributed by atoms with van der Waals surface area (Å²) >= 11 is 11.2. The fourth-order valence-corrected chi connectivity index (χ4v) is 0.680. The fraction of sp³-hybridized carbons (Fsp3) is 1.00. The van der Waals surface area contributed by atoms with Gasteiger partial charge < -0.3 is 5.73 Å². The predicted octanol–water partition coefficient (Wildman–Crippen LogP) is 1.92. The molecule has 0 aliphatic heterocycles. The van der Waals surface area contributed by atoms with Crippen molar-refractivity contribution in [3.05, 3.63) is 0 Å². The lowest BCUT2D eigenvalue weighted by molar-refractivity contribution is 0.693. The summed E-state index contributed by atoms with van der Waals surface area (Å²) in [6.07, 6.45) is 1.66. The SMILES string of the molecule is CC(Cl)(Cl)CCCN. The smallest absolute Gasteiger partial charge is 0.115 e. The van der Waals surface area contributed by atoms with Crippen LogP contribution in [0.2, 0.25) is 0 Å². The molecule has 0 aromatic heterocycles. The largest absolute Gasteiger partial charge is 0.330 e. The van der Waals surface area contributed by atoms with Crippen molar-refractivity contribution in [3.63, 3.8) is 0 Å². The molecule has 0 saturated carbocycles. The second kappa shape index (κ2) is 3.54. The molecule has 0 spiro atoms. The molecule has 0 fully saturated rings. The molecule has 50 valence electrons. The van der Waals surface area contributed by atoms with Crippen LogP contribution in [0.3, 0.4) is 0 Å². The van der Waals surface area contributed by atoms with Crippen LogP contribution in [0, 0.1) is 0 Å². The van der Waals surface area contributed by atoms with Gasteiger partial charge in [-0.15, -0.1) is 23.2 Å². The van der Waals surface area contributed by atoms with Gasteiger partial charge in [0.1, 0.15) is 4.33 Å². The van der Waals surface area contributed by atoms with Gasteiger partial charge in [-0.3, -0.25) is 0 Å². The average molecular weight is 156 g/mol. The van der Waals surface area contributed by atoms with Crippen LogP contribution in [0.5, 0.6) is 0 Å². The Labute approximate surface area is 60.1 Å². The monoisotopic (exact) mass is 155 g/mol. The number of hydrogen-bond donors (Lipinski definition) is 1. The van der Waals surface area contributed by atoms with E-state index in [-0.39, 0.29) is 0 Å². The normalized spacial score (nSPS) is 12.0. The molecule has 8 heavy (non-hydrogen) atoms. The van der Waals surface area contributed by atoms with Crippen LogP contribution in [0.25, 0.3) is 0 Å². The zero-order valence-corrected chi connectivity index (χ0v) is 6.47. The van der Waals surface area contributed by atoms with Crippen LogP contribution >= 0.6 is 23.2 Å². The van der Waals surface area contributed by atoms with Gasteiger partial charge in [0.25, 0.3) is 0 Å². The second-order valence-corrected chi connectivity index (χ2v) is 3.82. The van der Waals surface area contributed by atoms with E-state index in [0.717, 1.165) is 12.8 Å². The first kappa shape index (κ1) is 8.54. The molecular weight excluding hydrogens is 145 g/mol. The zero-order chi connectivity index (χ0) is 6.62. The van der Waals surface area contributed by atoms with Gasteiger partial charge in [-0.05, 0) is 26.3 Å². The molecule has 0 unspecified atom stereocenters. The summed E-state index contributed by atoms with van der Waals surface area (Å²) in [5.74, 6) is 0. The highest BCUT2D eigenvalue weighted by molar-refractivity contribution is 6.48. The van der Waals surface area contributed by atoms with Crippen LogP contribution in [-0.4, -0.2) is 10.9 Å². The molecule has 0 aromatic carbocycles. The van der Waals surface area contributed by atoms with Gasteiger partial charge in [0, 0.05) is 0 Å². The molecule has 1 nitrogen and oxygen atoms in total. The minimum absolute atomic E-state index is 0.584. The molecule has 3 heteroatoms. The van der Waals surface area contributed by atoms with E-state index in [1.807, 2.05) is 0 Å². The molecule has 0 aliphatic rings. The third kappa shape index (κ3) is 6.54. The van der Waals surface area contributed by atoms with Crippen LogP contribution in [0.15, 0.2) is 0 Å². The van der Waals surface area contributed by atoms with E-state index in [4.69, 9.17) is 28.9 Å². The van der Waals surface area contributed by atoms with Crippen molar-refractivity contribution in [3.8, 4) is 0 Å². The van der Waals surface area contributed by atoms with Crippen molar-refractivity contribution in [2.45, 2.75) is 24.1 Å². The summed E-state index contributed by atoms with van der Waals surface area (Å²) in [5, 5.41) is 0. The number of rotatable bonds is 3. The fourth-order valence-electron chi connectivity index (χ4n) is 0.412. The molecule has 0 rings (SSSR count). The van der Waals surface area contributed by atoms with Gasteiger partial charge in [0.2, 0.25) is 0 Å². The van der Waals surface area contributed by atoms with Gasteiger partial charge in [-0.1, -0.05) is 0 Å². The zero-order valence-electron chi connectivity index (χ0n) is 4.95. The molecule has 2 N–H and O–H groups in total. The molecule has 0 bridgehead atoms. The van der Waals surface area contributed by atoms with Crippen molar-refractivity contribution in [1.82, 2.24) is 0 Å². The van der Waals surface area contributed by atoms with Crippen molar-refractivity contribution >= 4 is 23.2 Å². The summed E-state index contributed by atoms with van der Waals surface area (Å²) in [5.41, 5.74) is 5.22. The topological polar surface area (TPSA) is 26.0 Å². The molecule has 0 amide bonds. The number of halogens is 2. The highest BCUT2D eigenvalue weighted by Crippen LogP contribution is 2.24. The van der Waals surface area contributed by atoms with Crippen molar-refractivity contribution in [2.75, 3.05) is 6.54 Å². The second-order valence-electron chi connectivity index (χ2n) is 1.96. The van der Waals surface area contributed by atoms with Gasteiger partial charge in [-0.2, -0.15) is 0 Å². The Morgan fingerprint density at radius 3 is 2.12 bits per heavy atom. The van der Waals surface area contributed by atoms with Crippen LogP contribution in [0.4, 0.5) is 0 Å². The van der Waals surface area contributed by atoms with E-state index in [1.54, 1.807) is 6.92 Å². The molecule has 0 atom stereocenters. The van der Waals surface area contributed by atoms with Gasteiger partial charge in [-0.25, -0.2) is 0 Å². The number of alkyl halides is 2. The Morgan fingerprint density at radius 2 is 2.00 bits per heavy atom. The Balaban J connectivity index is 3.11. The minimum Gasteiger partial charge on any atom is -0.330 e. The summed E-state index contributed by atoms with van der Waals surface area (Å²) in [6.45, 7) is 2.43. The maximum Gasteiger partial charge on any atom is 0.115 e. The first-order valence-corrected chi connectivity index (χ1v) is 3.40. The number of hydrogen-bond acceptors (Lipinski definition) is 1. The third-order valence-electron chi connectivity index (χ3n) is 0.820. The van der Waals surface area contributed by atoms with Gasteiger partial charge >= 0.3 is 0 Å². The maximum absolute atomic E-state index is 5.62. The molecule has 0 saturated heterocycles. The van der Waals surface area contributed by atoms with E-state index in [0.29, 0.717) is 6.54 Å². The molecule has 0 radical (unpaired) electrons. The quantitative estimate of drug-likeness (QED) is 0.620. The van der Waals surface area contributed by atoms with Crippen LogP contribution in [0.1, 0.15) is 19.8 Å². The van der Waals surface area contributed by atoms with Crippen molar-refractivity contribution in [1.29, 1.82) is 0 Å². The lowest BCUT2D eigenvalue weighted by atomic mass is 10.2. The van der Waals surface area contributed by atoms with Crippen molar-refractivity contribution < 1.29 is 0 Å².